The number of carbonyl (C=O) groups is 1. The van der Waals surface area contributed by atoms with Crippen molar-refractivity contribution < 1.29 is 14.3 Å². The topological polar surface area (TPSA) is 78.3 Å². The highest BCUT2D eigenvalue weighted by Gasteiger charge is 2.17. The molecule has 1 aromatic heterocycles. The van der Waals surface area contributed by atoms with E-state index in [-0.39, 0.29) is 18.3 Å². The van der Waals surface area contributed by atoms with Gasteiger partial charge in [-0.25, -0.2) is 0 Å². The maximum absolute atomic E-state index is 12.7. The standard InChI is InChI=1S/C29H30N4O3S/c1-35-17-16-33-27(19-36-26-13-6-5-12-25(26)22-8-3-2-4-9-22)31-32-29(33)37-20-28(34)30-24-15-14-21-10-7-11-23(21)18-24/h2-6,8-9,12-15,18H,7,10-11,16-17,19-20H2,1H3,(H,30,34). The number of carbonyl (C=O) groups excluding carboxylic acids is 1. The first-order valence-electron chi connectivity index (χ1n) is 12.4. The summed E-state index contributed by atoms with van der Waals surface area (Å²) in [6, 6.07) is 24.3. The van der Waals surface area contributed by atoms with Crippen LogP contribution in [0.1, 0.15) is 23.4 Å². The summed E-state index contributed by atoms with van der Waals surface area (Å²) < 4.78 is 13.5. The molecule has 1 heterocycles. The number of aryl methyl sites for hydroxylation is 2. The van der Waals surface area contributed by atoms with Crippen molar-refractivity contribution in [3.63, 3.8) is 0 Å². The van der Waals surface area contributed by atoms with E-state index in [1.807, 2.05) is 53.1 Å². The number of nitrogens with one attached hydrogen (secondary N) is 1. The van der Waals surface area contributed by atoms with Crippen LogP contribution in [0.4, 0.5) is 5.69 Å². The predicted octanol–water partition coefficient (Wildman–Crippen LogP) is 5.39. The summed E-state index contributed by atoms with van der Waals surface area (Å²) in [6.45, 7) is 1.32. The van der Waals surface area contributed by atoms with Crippen LogP contribution in [0, 0.1) is 0 Å². The molecule has 0 fully saturated rings. The molecular formula is C29H30N4O3S. The van der Waals surface area contributed by atoms with Gasteiger partial charge in [-0.2, -0.15) is 0 Å². The molecule has 1 aliphatic carbocycles. The number of rotatable bonds is 11. The number of hydrogen-bond acceptors (Lipinski definition) is 6. The second-order valence-corrected chi connectivity index (χ2v) is 9.81. The van der Waals surface area contributed by atoms with Gasteiger partial charge in [-0.05, 0) is 54.2 Å². The van der Waals surface area contributed by atoms with Gasteiger partial charge in [-0.15, -0.1) is 10.2 Å². The highest BCUT2D eigenvalue weighted by Crippen LogP contribution is 2.30. The molecule has 3 aromatic carbocycles. The normalized spacial score (nSPS) is 12.4. The molecule has 1 N–H and O–H groups in total. The molecule has 0 aliphatic heterocycles. The van der Waals surface area contributed by atoms with E-state index in [2.05, 4.69) is 39.8 Å². The van der Waals surface area contributed by atoms with Gasteiger partial charge in [0.05, 0.1) is 12.4 Å². The van der Waals surface area contributed by atoms with E-state index < -0.39 is 0 Å². The third-order valence-electron chi connectivity index (χ3n) is 6.36. The number of aromatic nitrogens is 3. The molecule has 5 rings (SSSR count). The number of ether oxygens (including phenoxy) is 2. The molecule has 0 radical (unpaired) electrons. The minimum atomic E-state index is -0.0705. The second-order valence-electron chi connectivity index (χ2n) is 8.87. The summed E-state index contributed by atoms with van der Waals surface area (Å²) in [5.74, 6) is 1.62. The lowest BCUT2D eigenvalue weighted by molar-refractivity contribution is -0.113. The van der Waals surface area contributed by atoms with Gasteiger partial charge in [0.25, 0.3) is 0 Å². The van der Waals surface area contributed by atoms with Crippen molar-refractivity contribution in [3.8, 4) is 16.9 Å². The quantitative estimate of drug-likeness (QED) is 0.271. The van der Waals surface area contributed by atoms with Crippen LogP contribution in [0.25, 0.3) is 11.1 Å². The third kappa shape index (κ3) is 6.21. The number of hydrogen-bond donors (Lipinski definition) is 1. The lowest BCUT2D eigenvalue weighted by Crippen LogP contribution is -2.16. The lowest BCUT2D eigenvalue weighted by Gasteiger charge is -2.13. The van der Waals surface area contributed by atoms with Crippen molar-refractivity contribution >= 4 is 23.4 Å². The zero-order valence-corrected chi connectivity index (χ0v) is 21.7. The molecule has 1 amide bonds. The Kier molecular flexibility index (Phi) is 8.18. The fourth-order valence-corrected chi connectivity index (χ4v) is 5.29. The van der Waals surface area contributed by atoms with Gasteiger partial charge < -0.3 is 19.4 Å². The average molecular weight is 515 g/mol. The van der Waals surface area contributed by atoms with Crippen molar-refractivity contribution in [3.05, 3.63) is 89.7 Å². The van der Waals surface area contributed by atoms with E-state index in [1.165, 1.54) is 29.3 Å². The largest absolute Gasteiger partial charge is 0.485 e. The Bertz CT molecular complexity index is 1360. The van der Waals surface area contributed by atoms with Crippen molar-refractivity contribution in [2.45, 2.75) is 37.6 Å². The fourth-order valence-electron chi connectivity index (χ4n) is 4.51. The molecule has 190 valence electrons. The Hall–Kier alpha value is -3.62. The maximum atomic E-state index is 12.7. The number of thioether (sulfide) groups is 1. The molecule has 7 nitrogen and oxygen atoms in total. The molecule has 37 heavy (non-hydrogen) atoms. The number of nitrogens with zero attached hydrogens (tertiary/aromatic N) is 3. The molecule has 0 unspecified atom stereocenters. The monoisotopic (exact) mass is 514 g/mol. The number of fused-ring (bicyclic) bond motifs is 1. The van der Waals surface area contributed by atoms with Gasteiger partial charge in [0.2, 0.25) is 5.91 Å². The predicted molar refractivity (Wildman–Crippen MR) is 146 cm³/mol. The second kappa shape index (κ2) is 12.1. The van der Waals surface area contributed by atoms with Crippen molar-refractivity contribution in [2.75, 3.05) is 24.8 Å². The average Bonchev–Trinajstić information content (AvgIpc) is 3.56. The fraction of sp³-hybridized carbons (Fsp3) is 0.276. The molecule has 0 bridgehead atoms. The van der Waals surface area contributed by atoms with Gasteiger partial charge in [0.1, 0.15) is 12.4 Å². The number of methoxy groups -OCH3 is 1. The van der Waals surface area contributed by atoms with Crippen molar-refractivity contribution in [1.82, 2.24) is 14.8 Å². The first-order chi connectivity index (χ1) is 18.2. The molecule has 0 saturated heterocycles. The van der Waals surface area contributed by atoms with E-state index >= 15 is 0 Å². The lowest BCUT2D eigenvalue weighted by atomic mass is 10.1. The van der Waals surface area contributed by atoms with E-state index in [0.717, 1.165) is 35.4 Å². The molecule has 1 aliphatic rings. The smallest absolute Gasteiger partial charge is 0.234 e. The number of benzene rings is 3. The summed E-state index contributed by atoms with van der Waals surface area (Å²) in [4.78, 5) is 12.7. The van der Waals surface area contributed by atoms with Gasteiger partial charge in [-0.1, -0.05) is 66.4 Å². The highest BCUT2D eigenvalue weighted by atomic mass is 32.2. The van der Waals surface area contributed by atoms with E-state index in [4.69, 9.17) is 9.47 Å². The van der Waals surface area contributed by atoms with Gasteiger partial charge >= 0.3 is 0 Å². The molecule has 0 saturated carbocycles. The zero-order chi connectivity index (χ0) is 25.5. The highest BCUT2D eigenvalue weighted by molar-refractivity contribution is 7.99. The van der Waals surface area contributed by atoms with Crippen molar-refractivity contribution in [2.24, 2.45) is 0 Å². The zero-order valence-electron chi connectivity index (χ0n) is 20.9. The SMILES string of the molecule is COCCn1c(COc2ccccc2-c2ccccc2)nnc1SCC(=O)Nc1ccc2c(c1)CCC2. The summed E-state index contributed by atoms with van der Waals surface area (Å²) in [5, 5.41) is 12.4. The Morgan fingerprint density at radius 3 is 2.68 bits per heavy atom. The first-order valence-corrected chi connectivity index (χ1v) is 13.4. The molecule has 0 spiro atoms. The number of anilines is 1. The van der Waals surface area contributed by atoms with Gasteiger partial charge in [0.15, 0.2) is 11.0 Å². The summed E-state index contributed by atoms with van der Waals surface area (Å²) in [7, 11) is 1.66. The Balaban J connectivity index is 1.24. The van der Waals surface area contributed by atoms with Crippen LogP contribution in [-0.2, 0) is 35.5 Å². The van der Waals surface area contributed by atoms with E-state index in [9.17, 15) is 4.79 Å². The Labute approximate surface area is 221 Å². The number of para-hydroxylation sites is 1. The first kappa shape index (κ1) is 25.0. The minimum absolute atomic E-state index is 0.0705. The summed E-state index contributed by atoms with van der Waals surface area (Å²) >= 11 is 1.36. The van der Waals surface area contributed by atoms with Gasteiger partial charge in [-0.3, -0.25) is 4.79 Å². The van der Waals surface area contributed by atoms with Crippen LogP contribution in [0.5, 0.6) is 5.75 Å². The van der Waals surface area contributed by atoms with Crippen LogP contribution in [0.2, 0.25) is 0 Å². The van der Waals surface area contributed by atoms with Crippen LogP contribution < -0.4 is 10.1 Å². The number of amides is 1. The summed E-state index contributed by atoms with van der Waals surface area (Å²) in [6.07, 6.45) is 3.39. The van der Waals surface area contributed by atoms with Gasteiger partial charge in [0, 0.05) is 24.9 Å². The molecule has 0 atom stereocenters. The third-order valence-corrected chi connectivity index (χ3v) is 7.32. The Morgan fingerprint density at radius 1 is 1.00 bits per heavy atom. The Morgan fingerprint density at radius 2 is 1.81 bits per heavy atom. The maximum Gasteiger partial charge on any atom is 0.234 e. The molecule has 4 aromatic rings. The van der Waals surface area contributed by atoms with E-state index in [1.54, 1.807) is 7.11 Å². The van der Waals surface area contributed by atoms with E-state index in [0.29, 0.717) is 24.1 Å². The van der Waals surface area contributed by atoms with Crippen LogP contribution in [0.15, 0.2) is 78.0 Å². The molecule has 8 heteroatoms. The molecular weight excluding hydrogens is 484 g/mol. The minimum Gasteiger partial charge on any atom is -0.485 e. The van der Waals surface area contributed by atoms with Crippen LogP contribution >= 0.6 is 11.8 Å². The van der Waals surface area contributed by atoms with Crippen LogP contribution in [-0.4, -0.2) is 40.1 Å². The van der Waals surface area contributed by atoms with Crippen LogP contribution in [0.3, 0.4) is 0 Å². The summed E-state index contributed by atoms with van der Waals surface area (Å²) in [5.41, 5.74) is 5.68. The van der Waals surface area contributed by atoms with Crippen molar-refractivity contribution in [1.29, 1.82) is 0 Å².